The average Bonchev–Trinajstić information content (AvgIpc) is 2.33. The highest BCUT2D eigenvalue weighted by Gasteiger charge is 2.04. The van der Waals surface area contributed by atoms with Crippen LogP contribution in [0.3, 0.4) is 0 Å². The van der Waals surface area contributed by atoms with E-state index >= 15 is 0 Å². The second kappa shape index (κ2) is 5.29. The van der Waals surface area contributed by atoms with Crippen LogP contribution in [-0.4, -0.2) is 11.3 Å². The van der Waals surface area contributed by atoms with E-state index in [-0.39, 0.29) is 5.75 Å². The molecular formula is C13H8Cl2O3. The van der Waals surface area contributed by atoms with Crippen LogP contribution in [0.25, 0.3) is 11.1 Å². The van der Waals surface area contributed by atoms with Gasteiger partial charge in [0.1, 0.15) is 5.75 Å². The summed E-state index contributed by atoms with van der Waals surface area (Å²) in [4.78, 5) is 10.4. The summed E-state index contributed by atoms with van der Waals surface area (Å²) in [5, 5.41) is 9.43. The fourth-order valence-electron chi connectivity index (χ4n) is 1.49. The lowest BCUT2D eigenvalue weighted by atomic mass is 10.1. The Labute approximate surface area is 114 Å². The number of hydrogen-bond acceptors (Lipinski definition) is 2. The van der Waals surface area contributed by atoms with Gasteiger partial charge in [0.25, 0.3) is 0 Å². The van der Waals surface area contributed by atoms with Crippen LogP contribution < -0.4 is 4.74 Å². The molecular weight excluding hydrogens is 275 g/mol. The highest BCUT2D eigenvalue weighted by molar-refractivity contribution is 6.42. The summed E-state index contributed by atoms with van der Waals surface area (Å²) in [6, 6.07) is 11.9. The largest absolute Gasteiger partial charge is 0.511 e. The first-order valence-electron chi connectivity index (χ1n) is 5.02. The number of benzene rings is 2. The van der Waals surface area contributed by atoms with Crippen molar-refractivity contribution in [3.63, 3.8) is 0 Å². The van der Waals surface area contributed by atoms with Gasteiger partial charge >= 0.3 is 6.16 Å². The second-order valence-corrected chi connectivity index (χ2v) is 4.34. The van der Waals surface area contributed by atoms with Crippen molar-refractivity contribution in [1.29, 1.82) is 0 Å². The van der Waals surface area contributed by atoms with Crippen LogP contribution in [0.2, 0.25) is 10.0 Å². The zero-order valence-electron chi connectivity index (χ0n) is 9.06. The molecule has 0 atom stereocenters. The van der Waals surface area contributed by atoms with Gasteiger partial charge in [-0.25, -0.2) is 4.79 Å². The summed E-state index contributed by atoms with van der Waals surface area (Å²) in [7, 11) is 0. The smallest absolute Gasteiger partial charge is 0.449 e. The minimum absolute atomic E-state index is 0.270. The molecule has 0 bridgehead atoms. The maximum Gasteiger partial charge on any atom is 0.511 e. The SMILES string of the molecule is O=C(O)Oc1ccc(-c2ccc(Cl)c(Cl)c2)cc1. The molecule has 0 amide bonds. The highest BCUT2D eigenvalue weighted by atomic mass is 35.5. The Morgan fingerprint density at radius 2 is 1.56 bits per heavy atom. The lowest BCUT2D eigenvalue weighted by Crippen LogP contribution is -2.02. The molecule has 0 radical (unpaired) electrons. The molecule has 0 saturated heterocycles. The summed E-state index contributed by atoms with van der Waals surface area (Å²) in [5.41, 5.74) is 1.79. The zero-order valence-corrected chi connectivity index (χ0v) is 10.6. The van der Waals surface area contributed by atoms with E-state index in [9.17, 15) is 4.79 Å². The Morgan fingerprint density at radius 3 is 2.11 bits per heavy atom. The molecule has 5 heteroatoms. The summed E-state index contributed by atoms with van der Waals surface area (Å²) < 4.78 is 4.52. The first-order valence-corrected chi connectivity index (χ1v) is 5.78. The number of carboxylic acid groups (broad SMARTS) is 1. The van der Waals surface area contributed by atoms with Gasteiger partial charge < -0.3 is 9.84 Å². The number of ether oxygens (including phenoxy) is 1. The molecule has 0 heterocycles. The van der Waals surface area contributed by atoms with E-state index in [2.05, 4.69) is 4.74 Å². The predicted octanol–water partition coefficient (Wildman–Crippen LogP) is 4.72. The van der Waals surface area contributed by atoms with Crippen LogP contribution in [-0.2, 0) is 0 Å². The molecule has 0 saturated carbocycles. The molecule has 92 valence electrons. The molecule has 18 heavy (non-hydrogen) atoms. The number of hydrogen-bond donors (Lipinski definition) is 1. The summed E-state index contributed by atoms with van der Waals surface area (Å²) in [6.07, 6.45) is -1.34. The normalized spacial score (nSPS) is 10.1. The van der Waals surface area contributed by atoms with Crippen molar-refractivity contribution in [1.82, 2.24) is 0 Å². The van der Waals surface area contributed by atoms with Gasteiger partial charge in [0.2, 0.25) is 0 Å². The summed E-state index contributed by atoms with van der Waals surface area (Å²) >= 11 is 11.8. The van der Waals surface area contributed by atoms with Crippen molar-refractivity contribution in [2.45, 2.75) is 0 Å². The van der Waals surface area contributed by atoms with E-state index in [0.29, 0.717) is 10.0 Å². The fraction of sp³-hybridized carbons (Fsp3) is 0. The van der Waals surface area contributed by atoms with Crippen molar-refractivity contribution in [2.75, 3.05) is 0 Å². The molecule has 3 nitrogen and oxygen atoms in total. The lowest BCUT2D eigenvalue weighted by molar-refractivity contribution is 0.144. The van der Waals surface area contributed by atoms with Gasteiger partial charge in [-0.05, 0) is 35.4 Å². The molecule has 0 aromatic heterocycles. The van der Waals surface area contributed by atoms with E-state index in [1.807, 2.05) is 6.07 Å². The highest BCUT2D eigenvalue weighted by Crippen LogP contribution is 2.29. The van der Waals surface area contributed by atoms with Gasteiger partial charge in [0.05, 0.1) is 10.0 Å². The first kappa shape index (κ1) is 12.7. The number of carbonyl (C=O) groups is 1. The van der Waals surface area contributed by atoms with Gasteiger partial charge in [-0.3, -0.25) is 0 Å². The Kier molecular flexibility index (Phi) is 3.75. The van der Waals surface area contributed by atoms with Crippen LogP contribution in [0.1, 0.15) is 0 Å². The molecule has 0 aliphatic rings. The molecule has 0 aliphatic carbocycles. The van der Waals surface area contributed by atoms with E-state index in [1.54, 1.807) is 36.4 Å². The van der Waals surface area contributed by atoms with E-state index in [4.69, 9.17) is 28.3 Å². The molecule has 0 aliphatic heterocycles. The second-order valence-electron chi connectivity index (χ2n) is 3.52. The Hall–Kier alpha value is -1.71. The summed E-state index contributed by atoms with van der Waals surface area (Å²) in [5.74, 6) is 0.270. The number of halogens is 2. The third kappa shape index (κ3) is 2.94. The molecule has 2 rings (SSSR count). The summed E-state index contributed by atoms with van der Waals surface area (Å²) in [6.45, 7) is 0. The minimum atomic E-state index is -1.34. The van der Waals surface area contributed by atoms with E-state index in [1.165, 1.54) is 0 Å². The minimum Gasteiger partial charge on any atom is -0.449 e. The van der Waals surface area contributed by atoms with Gasteiger partial charge in [-0.2, -0.15) is 0 Å². The molecule has 1 N–H and O–H groups in total. The maximum atomic E-state index is 10.4. The first-order chi connectivity index (χ1) is 8.56. The van der Waals surface area contributed by atoms with Crippen molar-refractivity contribution in [3.05, 3.63) is 52.5 Å². The third-order valence-corrected chi connectivity index (χ3v) is 3.05. The molecule has 2 aromatic rings. The zero-order chi connectivity index (χ0) is 13.1. The average molecular weight is 283 g/mol. The van der Waals surface area contributed by atoms with Gasteiger partial charge in [-0.15, -0.1) is 0 Å². The maximum absolute atomic E-state index is 10.4. The van der Waals surface area contributed by atoms with Crippen molar-refractivity contribution in [3.8, 4) is 16.9 Å². The van der Waals surface area contributed by atoms with E-state index in [0.717, 1.165) is 11.1 Å². The topological polar surface area (TPSA) is 46.5 Å². The van der Waals surface area contributed by atoms with Crippen LogP contribution >= 0.6 is 23.2 Å². The Morgan fingerprint density at radius 1 is 0.944 bits per heavy atom. The van der Waals surface area contributed by atoms with Crippen LogP contribution in [0.4, 0.5) is 4.79 Å². The fourth-order valence-corrected chi connectivity index (χ4v) is 1.79. The monoisotopic (exact) mass is 282 g/mol. The molecule has 0 fully saturated rings. The van der Waals surface area contributed by atoms with Crippen molar-refractivity contribution in [2.24, 2.45) is 0 Å². The predicted molar refractivity (Wildman–Crippen MR) is 70.6 cm³/mol. The number of rotatable bonds is 2. The lowest BCUT2D eigenvalue weighted by Gasteiger charge is -2.05. The quantitative estimate of drug-likeness (QED) is 0.641. The van der Waals surface area contributed by atoms with Crippen LogP contribution in [0, 0.1) is 0 Å². The van der Waals surface area contributed by atoms with Gasteiger partial charge in [-0.1, -0.05) is 41.4 Å². The van der Waals surface area contributed by atoms with Crippen molar-refractivity contribution < 1.29 is 14.6 Å². The van der Waals surface area contributed by atoms with E-state index < -0.39 is 6.16 Å². The standard InChI is InChI=1S/C13H8Cl2O3/c14-11-6-3-9(7-12(11)15)8-1-4-10(5-2-8)18-13(16)17/h1-7H,(H,16,17). The van der Waals surface area contributed by atoms with Crippen LogP contribution in [0.5, 0.6) is 5.75 Å². The molecule has 0 spiro atoms. The third-order valence-electron chi connectivity index (χ3n) is 2.31. The van der Waals surface area contributed by atoms with Crippen LogP contribution in [0.15, 0.2) is 42.5 Å². The Balaban J connectivity index is 2.28. The Bertz CT molecular complexity index is 579. The van der Waals surface area contributed by atoms with Crippen molar-refractivity contribution >= 4 is 29.4 Å². The molecule has 2 aromatic carbocycles. The van der Waals surface area contributed by atoms with Gasteiger partial charge in [0.15, 0.2) is 0 Å². The van der Waals surface area contributed by atoms with Gasteiger partial charge in [0, 0.05) is 0 Å². The molecule has 0 unspecified atom stereocenters.